The first-order valence-electron chi connectivity index (χ1n) is 10.9. The number of fused-ring (bicyclic) bond motifs is 1. The van der Waals surface area contributed by atoms with Gasteiger partial charge in [-0.25, -0.2) is 4.98 Å². The van der Waals surface area contributed by atoms with E-state index in [2.05, 4.69) is 15.6 Å². The molecule has 0 fully saturated rings. The minimum atomic E-state index is -4.67. The number of anilines is 2. The molecule has 0 unspecified atom stereocenters. The van der Waals surface area contributed by atoms with Crippen LogP contribution in [0.4, 0.5) is 24.5 Å². The number of rotatable bonds is 5. The fraction of sp³-hybridized carbons (Fsp3) is 0.154. The molecule has 0 saturated heterocycles. The minimum Gasteiger partial charge on any atom is -0.326 e. The van der Waals surface area contributed by atoms with E-state index in [4.69, 9.17) is 0 Å². The fourth-order valence-electron chi connectivity index (χ4n) is 3.90. The maximum atomic E-state index is 13.7. The monoisotopic (exact) mass is 494 g/mol. The number of nitrogens with zero attached hydrogens (tertiary/aromatic N) is 2. The fourth-order valence-corrected chi connectivity index (χ4v) is 3.90. The van der Waals surface area contributed by atoms with Gasteiger partial charge in [0.25, 0.3) is 5.56 Å². The zero-order valence-electron chi connectivity index (χ0n) is 19.3. The Morgan fingerprint density at radius 2 is 1.50 bits per heavy atom. The molecule has 2 amide bonds. The molecule has 0 saturated carbocycles. The molecule has 1 atom stereocenters. The molecule has 0 aliphatic rings. The van der Waals surface area contributed by atoms with Gasteiger partial charge in [0.1, 0.15) is 11.7 Å². The van der Waals surface area contributed by atoms with Crippen molar-refractivity contribution < 1.29 is 22.8 Å². The van der Waals surface area contributed by atoms with Crippen LogP contribution in [0.1, 0.15) is 25.5 Å². The van der Waals surface area contributed by atoms with Gasteiger partial charge in [-0.05, 0) is 37.3 Å². The molecule has 7 nitrogen and oxygen atoms in total. The number of benzene rings is 3. The molecular formula is C26H21F3N4O3. The van der Waals surface area contributed by atoms with E-state index in [1.54, 1.807) is 48.5 Å². The molecule has 4 aromatic rings. The summed E-state index contributed by atoms with van der Waals surface area (Å²) in [6, 6.07) is 16.6. The highest BCUT2D eigenvalue weighted by molar-refractivity contribution is 5.96. The van der Waals surface area contributed by atoms with Crippen LogP contribution in [0.2, 0.25) is 0 Å². The number of nitrogens with one attached hydrogen (secondary N) is 2. The van der Waals surface area contributed by atoms with Gasteiger partial charge in [0, 0.05) is 12.5 Å². The van der Waals surface area contributed by atoms with Gasteiger partial charge in [-0.15, -0.1) is 0 Å². The van der Waals surface area contributed by atoms with E-state index >= 15 is 0 Å². The van der Waals surface area contributed by atoms with E-state index < -0.39 is 34.9 Å². The summed E-state index contributed by atoms with van der Waals surface area (Å²) in [5.41, 5.74) is -0.659. The number of alkyl halides is 3. The SMILES string of the molecule is CC(=O)Nc1ccccc1-c1nc2ccccc2n([C@@H](C)C(=O)Nc2ccccc2C(F)(F)F)c1=O. The Kier molecular flexibility index (Phi) is 6.61. The number of amides is 2. The molecular weight excluding hydrogens is 473 g/mol. The average molecular weight is 494 g/mol. The predicted molar refractivity (Wildman–Crippen MR) is 131 cm³/mol. The zero-order chi connectivity index (χ0) is 26.0. The first-order valence-corrected chi connectivity index (χ1v) is 10.9. The highest BCUT2D eigenvalue weighted by Gasteiger charge is 2.34. The van der Waals surface area contributed by atoms with E-state index in [1.807, 2.05) is 0 Å². The van der Waals surface area contributed by atoms with Crippen molar-refractivity contribution in [1.29, 1.82) is 0 Å². The lowest BCUT2D eigenvalue weighted by Crippen LogP contribution is -2.33. The molecule has 1 heterocycles. The van der Waals surface area contributed by atoms with Gasteiger partial charge < -0.3 is 10.6 Å². The Morgan fingerprint density at radius 3 is 2.19 bits per heavy atom. The normalized spacial score (nSPS) is 12.2. The quantitative estimate of drug-likeness (QED) is 0.397. The highest BCUT2D eigenvalue weighted by Crippen LogP contribution is 2.35. The van der Waals surface area contributed by atoms with E-state index in [0.29, 0.717) is 22.3 Å². The topological polar surface area (TPSA) is 93.1 Å². The van der Waals surface area contributed by atoms with Crippen molar-refractivity contribution in [1.82, 2.24) is 9.55 Å². The molecule has 2 N–H and O–H groups in total. The molecule has 1 aromatic heterocycles. The summed E-state index contributed by atoms with van der Waals surface area (Å²) >= 11 is 0. The second-order valence-electron chi connectivity index (χ2n) is 8.06. The lowest BCUT2D eigenvalue weighted by Gasteiger charge is -2.20. The van der Waals surface area contributed by atoms with Crippen molar-refractivity contribution in [3.05, 3.63) is 88.7 Å². The summed E-state index contributed by atoms with van der Waals surface area (Å²) in [6.45, 7) is 2.75. The van der Waals surface area contributed by atoms with Crippen LogP contribution in [0.25, 0.3) is 22.3 Å². The van der Waals surface area contributed by atoms with Gasteiger partial charge in [-0.3, -0.25) is 19.0 Å². The van der Waals surface area contributed by atoms with Gasteiger partial charge in [-0.2, -0.15) is 13.2 Å². The Labute approximate surface area is 203 Å². The standard InChI is InChI=1S/C26H21F3N4O3/c1-15(24(35)32-20-12-6-4-10-18(20)26(27,28)29)33-22-14-8-7-13-21(22)31-23(25(33)36)17-9-3-5-11-19(17)30-16(2)34/h3-15H,1-2H3,(H,30,34)(H,32,35)/t15-/m0/s1. The van der Waals surface area contributed by atoms with Crippen LogP contribution >= 0.6 is 0 Å². The van der Waals surface area contributed by atoms with Crippen molar-refractivity contribution in [3.63, 3.8) is 0 Å². The number of carbonyl (C=O) groups is 2. The van der Waals surface area contributed by atoms with Crippen LogP contribution in [-0.4, -0.2) is 21.4 Å². The summed E-state index contributed by atoms with van der Waals surface area (Å²) in [5.74, 6) is -1.16. The second-order valence-corrected chi connectivity index (χ2v) is 8.06. The largest absolute Gasteiger partial charge is 0.418 e. The Morgan fingerprint density at radius 1 is 0.889 bits per heavy atom. The molecule has 0 aliphatic carbocycles. The average Bonchev–Trinajstić information content (AvgIpc) is 2.83. The summed E-state index contributed by atoms with van der Waals surface area (Å²) in [6.07, 6.45) is -4.67. The maximum absolute atomic E-state index is 13.7. The van der Waals surface area contributed by atoms with E-state index in [1.165, 1.54) is 30.5 Å². The van der Waals surface area contributed by atoms with Crippen LogP contribution in [-0.2, 0) is 15.8 Å². The van der Waals surface area contributed by atoms with Crippen LogP contribution in [0, 0.1) is 0 Å². The molecule has 0 spiro atoms. The predicted octanol–water partition coefficient (Wildman–Crippen LogP) is 5.24. The van der Waals surface area contributed by atoms with Gasteiger partial charge in [0.2, 0.25) is 11.8 Å². The van der Waals surface area contributed by atoms with E-state index in [-0.39, 0.29) is 11.6 Å². The molecule has 184 valence electrons. The molecule has 4 rings (SSSR count). The number of hydrogen-bond acceptors (Lipinski definition) is 4. The van der Waals surface area contributed by atoms with Crippen LogP contribution in [0.3, 0.4) is 0 Å². The summed E-state index contributed by atoms with van der Waals surface area (Å²) in [4.78, 5) is 43.0. The number of halogens is 3. The third-order valence-electron chi connectivity index (χ3n) is 5.54. The van der Waals surface area contributed by atoms with Crippen molar-refractivity contribution in [2.75, 3.05) is 10.6 Å². The lowest BCUT2D eigenvalue weighted by molar-refractivity contribution is -0.137. The first kappa shape index (κ1) is 24.6. The number of hydrogen-bond donors (Lipinski definition) is 2. The summed E-state index contributed by atoms with van der Waals surface area (Å²) in [7, 11) is 0. The van der Waals surface area contributed by atoms with Gasteiger partial charge in [0.15, 0.2) is 0 Å². The van der Waals surface area contributed by atoms with Crippen molar-refractivity contribution in [2.24, 2.45) is 0 Å². The Bertz CT molecular complexity index is 1530. The zero-order valence-corrected chi connectivity index (χ0v) is 19.3. The Hall–Kier alpha value is -4.47. The molecule has 0 radical (unpaired) electrons. The van der Waals surface area contributed by atoms with Crippen LogP contribution in [0.15, 0.2) is 77.6 Å². The van der Waals surface area contributed by atoms with Crippen LogP contribution in [0.5, 0.6) is 0 Å². The highest BCUT2D eigenvalue weighted by atomic mass is 19.4. The first-order chi connectivity index (χ1) is 17.1. The number of aromatic nitrogens is 2. The number of para-hydroxylation sites is 4. The second kappa shape index (κ2) is 9.65. The van der Waals surface area contributed by atoms with Gasteiger partial charge in [-0.1, -0.05) is 42.5 Å². The molecule has 10 heteroatoms. The third-order valence-corrected chi connectivity index (χ3v) is 5.54. The number of carbonyl (C=O) groups excluding carboxylic acids is 2. The lowest BCUT2D eigenvalue weighted by atomic mass is 10.1. The minimum absolute atomic E-state index is 0.0200. The van der Waals surface area contributed by atoms with Crippen molar-refractivity contribution in [2.45, 2.75) is 26.1 Å². The van der Waals surface area contributed by atoms with E-state index in [9.17, 15) is 27.6 Å². The summed E-state index contributed by atoms with van der Waals surface area (Å²) in [5, 5.41) is 4.97. The maximum Gasteiger partial charge on any atom is 0.418 e. The third kappa shape index (κ3) is 4.83. The van der Waals surface area contributed by atoms with Crippen LogP contribution < -0.4 is 16.2 Å². The smallest absolute Gasteiger partial charge is 0.326 e. The Balaban J connectivity index is 1.84. The molecule has 0 bridgehead atoms. The van der Waals surface area contributed by atoms with Crippen molar-refractivity contribution in [3.8, 4) is 11.3 Å². The van der Waals surface area contributed by atoms with Crippen molar-refractivity contribution >= 4 is 34.2 Å². The van der Waals surface area contributed by atoms with E-state index in [0.717, 1.165) is 12.1 Å². The van der Waals surface area contributed by atoms with Gasteiger partial charge in [0.05, 0.1) is 28.0 Å². The van der Waals surface area contributed by atoms with Gasteiger partial charge >= 0.3 is 6.18 Å². The molecule has 3 aromatic carbocycles. The molecule has 36 heavy (non-hydrogen) atoms. The molecule has 0 aliphatic heterocycles. The summed E-state index contributed by atoms with van der Waals surface area (Å²) < 4.78 is 41.4.